The SMILES string of the molecule is Cc1cc(C(=O)c2cnn(-c3ccccc3)n2)cs1. The van der Waals surface area contributed by atoms with Crippen molar-refractivity contribution in [2.24, 2.45) is 0 Å². The number of ketones is 1. The zero-order valence-corrected chi connectivity index (χ0v) is 11.1. The van der Waals surface area contributed by atoms with Crippen molar-refractivity contribution in [1.29, 1.82) is 0 Å². The predicted octanol–water partition coefficient (Wildman–Crippen LogP) is 2.87. The van der Waals surface area contributed by atoms with Crippen molar-refractivity contribution in [3.63, 3.8) is 0 Å². The van der Waals surface area contributed by atoms with E-state index in [2.05, 4.69) is 10.2 Å². The number of aryl methyl sites for hydroxylation is 1. The second kappa shape index (κ2) is 4.78. The van der Waals surface area contributed by atoms with Gasteiger partial charge in [0.25, 0.3) is 0 Å². The van der Waals surface area contributed by atoms with Crippen molar-refractivity contribution in [2.75, 3.05) is 0 Å². The van der Waals surface area contributed by atoms with Gasteiger partial charge in [-0.2, -0.15) is 9.90 Å². The summed E-state index contributed by atoms with van der Waals surface area (Å²) in [4.78, 5) is 14.8. The minimum atomic E-state index is -0.0912. The van der Waals surface area contributed by atoms with Gasteiger partial charge in [-0.15, -0.1) is 16.4 Å². The Balaban J connectivity index is 1.92. The van der Waals surface area contributed by atoms with E-state index in [-0.39, 0.29) is 5.78 Å². The molecule has 0 bridgehead atoms. The molecule has 0 N–H and O–H groups in total. The van der Waals surface area contributed by atoms with E-state index >= 15 is 0 Å². The number of benzene rings is 1. The lowest BCUT2D eigenvalue weighted by Crippen LogP contribution is -2.03. The first kappa shape index (κ1) is 11.8. The molecule has 0 saturated carbocycles. The Labute approximate surface area is 114 Å². The predicted molar refractivity (Wildman–Crippen MR) is 73.8 cm³/mol. The lowest BCUT2D eigenvalue weighted by Gasteiger charge is -1.97. The van der Waals surface area contributed by atoms with Crippen LogP contribution < -0.4 is 0 Å². The second-order valence-electron chi connectivity index (χ2n) is 4.13. The minimum Gasteiger partial charge on any atom is -0.287 e. The van der Waals surface area contributed by atoms with Crippen molar-refractivity contribution >= 4 is 17.1 Å². The molecule has 3 rings (SSSR count). The Morgan fingerprint density at radius 2 is 2.05 bits per heavy atom. The zero-order chi connectivity index (χ0) is 13.2. The number of hydrogen-bond acceptors (Lipinski definition) is 4. The van der Waals surface area contributed by atoms with Gasteiger partial charge in [0.15, 0.2) is 5.69 Å². The van der Waals surface area contributed by atoms with Gasteiger partial charge in [0.1, 0.15) is 0 Å². The Bertz CT molecular complexity index is 715. The molecule has 0 atom stereocenters. The van der Waals surface area contributed by atoms with E-state index < -0.39 is 0 Å². The fraction of sp³-hybridized carbons (Fsp3) is 0.0714. The summed E-state index contributed by atoms with van der Waals surface area (Å²) in [5, 5.41) is 10.2. The number of aromatic nitrogens is 3. The molecule has 3 aromatic rings. The van der Waals surface area contributed by atoms with E-state index in [1.807, 2.05) is 48.7 Å². The normalized spacial score (nSPS) is 10.6. The summed E-state index contributed by atoms with van der Waals surface area (Å²) in [6, 6.07) is 11.4. The number of hydrogen-bond donors (Lipinski definition) is 0. The molecule has 0 spiro atoms. The summed E-state index contributed by atoms with van der Waals surface area (Å²) >= 11 is 1.55. The summed E-state index contributed by atoms with van der Waals surface area (Å²) in [7, 11) is 0. The third kappa shape index (κ3) is 2.32. The van der Waals surface area contributed by atoms with Gasteiger partial charge in [0.2, 0.25) is 5.78 Å². The molecule has 4 nitrogen and oxygen atoms in total. The maximum atomic E-state index is 12.2. The molecule has 0 saturated heterocycles. The molecule has 0 amide bonds. The molecule has 19 heavy (non-hydrogen) atoms. The first-order valence-electron chi connectivity index (χ1n) is 5.81. The zero-order valence-electron chi connectivity index (χ0n) is 10.3. The molecule has 5 heteroatoms. The highest BCUT2D eigenvalue weighted by atomic mass is 32.1. The first-order valence-corrected chi connectivity index (χ1v) is 6.69. The van der Waals surface area contributed by atoms with Crippen LogP contribution in [0.1, 0.15) is 20.9 Å². The second-order valence-corrected chi connectivity index (χ2v) is 5.25. The monoisotopic (exact) mass is 269 g/mol. The fourth-order valence-corrected chi connectivity index (χ4v) is 2.45. The van der Waals surface area contributed by atoms with Gasteiger partial charge >= 0.3 is 0 Å². The molecule has 94 valence electrons. The Morgan fingerprint density at radius 1 is 1.26 bits per heavy atom. The van der Waals surface area contributed by atoms with Crippen molar-refractivity contribution in [3.8, 4) is 5.69 Å². The largest absolute Gasteiger partial charge is 0.287 e. The third-order valence-corrected chi connectivity index (χ3v) is 3.57. The van der Waals surface area contributed by atoms with Crippen LogP contribution in [-0.2, 0) is 0 Å². The summed E-state index contributed by atoms with van der Waals surface area (Å²) in [6.45, 7) is 1.97. The molecular weight excluding hydrogens is 258 g/mol. The average Bonchev–Trinajstić information content (AvgIpc) is 3.08. The Morgan fingerprint density at radius 3 is 2.74 bits per heavy atom. The molecule has 0 aliphatic rings. The van der Waals surface area contributed by atoms with Crippen LogP contribution in [0.5, 0.6) is 0 Å². The summed E-state index contributed by atoms with van der Waals surface area (Å²) in [5.41, 5.74) is 1.87. The smallest absolute Gasteiger partial charge is 0.215 e. The summed E-state index contributed by atoms with van der Waals surface area (Å²) in [6.07, 6.45) is 1.50. The van der Waals surface area contributed by atoms with E-state index in [1.165, 1.54) is 11.0 Å². The van der Waals surface area contributed by atoms with Gasteiger partial charge in [-0.1, -0.05) is 18.2 Å². The van der Waals surface area contributed by atoms with Gasteiger partial charge in [-0.05, 0) is 25.1 Å². The van der Waals surface area contributed by atoms with Crippen LogP contribution >= 0.6 is 11.3 Å². The van der Waals surface area contributed by atoms with Crippen LogP contribution in [-0.4, -0.2) is 20.8 Å². The van der Waals surface area contributed by atoms with Crippen LogP contribution in [0.25, 0.3) is 5.69 Å². The van der Waals surface area contributed by atoms with Crippen molar-refractivity contribution in [1.82, 2.24) is 15.0 Å². The number of carbonyl (C=O) groups is 1. The van der Waals surface area contributed by atoms with Crippen molar-refractivity contribution in [2.45, 2.75) is 6.92 Å². The number of nitrogens with zero attached hydrogens (tertiary/aromatic N) is 3. The van der Waals surface area contributed by atoms with E-state index in [0.29, 0.717) is 11.3 Å². The van der Waals surface area contributed by atoms with E-state index in [9.17, 15) is 4.79 Å². The molecule has 0 unspecified atom stereocenters. The molecular formula is C14H11N3OS. The molecule has 0 radical (unpaired) electrons. The summed E-state index contributed by atoms with van der Waals surface area (Å²) in [5.74, 6) is -0.0912. The van der Waals surface area contributed by atoms with E-state index in [4.69, 9.17) is 0 Å². The van der Waals surface area contributed by atoms with Crippen molar-refractivity contribution < 1.29 is 4.79 Å². The Kier molecular flexibility index (Phi) is 2.97. The molecule has 1 aromatic carbocycles. The van der Waals surface area contributed by atoms with Crippen LogP contribution in [0.15, 0.2) is 48.0 Å². The van der Waals surface area contributed by atoms with Gasteiger partial charge in [-0.3, -0.25) is 4.79 Å². The first-order chi connectivity index (χ1) is 9.24. The van der Waals surface area contributed by atoms with Crippen LogP contribution in [0.2, 0.25) is 0 Å². The van der Waals surface area contributed by atoms with Gasteiger partial charge in [-0.25, -0.2) is 0 Å². The lowest BCUT2D eigenvalue weighted by molar-refractivity contribution is 0.103. The van der Waals surface area contributed by atoms with Crippen LogP contribution in [0.3, 0.4) is 0 Å². The van der Waals surface area contributed by atoms with Gasteiger partial charge in [0.05, 0.1) is 11.9 Å². The minimum absolute atomic E-state index is 0.0912. The highest BCUT2D eigenvalue weighted by Gasteiger charge is 2.14. The highest BCUT2D eigenvalue weighted by molar-refractivity contribution is 7.10. The van der Waals surface area contributed by atoms with E-state index in [0.717, 1.165) is 10.6 Å². The number of para-hydroxylation sites is 1. The van der Waals surface area contributed by atoms with E-state index in [1.54, 1.807) is 11.3 Å². The molecule has 2 heterocycles. The number of carbonyl (C=O) groups excluding carboxylic acids is 1. The van der Waals surface area contributed by atoms with Gasteiger partial charge in [0, 0.05) is 15.8 Å². The molecule has 0 fully saturated rings. The summed E-state index contributed by atoms with van der Waals surface area (Å²) < 4.78 is 0. The topological polar surface area (TPSA) is 47.8 Å². The lowest BCUT2D eigenvalue weighted by atomic mass is 10.2. The number of thiophene rings is 1. The number of rotatable bonds is 3. The van der Waals surface area contributed by atoms with Crippen LogP contribution in [0.4, 0.5) is 0 Å². The highest BCUT2D eigenvalue weighted by Crippen LogP contribution is 2.16. The standard InChI is InChI=1S/C14H11N3OS/c1-10-7-11(9-19-10)14(18)13-8-15-17(16-13)12-5-3-2-4-6-12/h2-9H,1H3. The third-order valence-electron chi connectivity index (χ3n) is 2.70. The molecule has 2 aromatic heterocycles. The van der Waals surface area contributed by atoms with Crippen molar-refractivity contribution in [3.05, 3.63) is 64.1 Å². The Hall–Kier alpha value is -2.27. The fourth-order valence-electron chi connectivity index (χ4n) is 1.76. The van der Waals surface area contributed by atoms with Gasteiger partial charge < -0.3 is 0 Å². The maximum Gasteiger partial charge on any atom is 0.215 e. The average molecular weight is 269 g/mol. The quantitative estimate of drug-likeness (QED) is 0.687. The molecule has 0 aliphatic heterocycles. The molecule has 0 aliphatic carbocycles. The maximum absolute atomic E-state index is 12.2. The van der Waals surface area contributed by atoms with Crippen LogP contribution in [0, 0.1) is 6.92 Å².